The van der Waals surface area contributed by atoms with Crippen LogP contribution in [0, 0.1) is 11.3 Å². The Morgan fingerprint density at radius 1 is 1.17 bits per heavy atom. The van der Waals surface area contributed by atoms with E-state index in [1.807, 2.05) is 12.1 Å². The van der Waals surface area contributed by atoms with Crippen LogP contribution < -0.4 is 0 Å². The standard InChI is InChI=1S/C14H9N3O/c15-8-9-2-1-3-10(6-9)14-16-12-5-4-11(18)7-13(12)17-14/h1-7,18H,(H,16,17). The van der Waals surface area contributed by atoms with E-state index in [1.54, 1.807) is 30.3 Å². The number of nitrogens with one attached hydrogen (secondary N) is 1. The van der Waals surface area contributed by atoms with Crippen molar-refractivity contribution in [3.63, 3.8) is 0 Å². The van der Waals surface area contributed by atoms with Gasteiger partial charge in [0.2, 0.25) is 0 Å². The summed E-state index contributed by atoms with van der Waals surface area (Å²) >= 11 is 0. The number of hydrogen-bond donors (Lipinski definition) is 2. The molecule has 0 unspecified atom stereocenters. The van der Waals surface area contributed by atoms with Crippen LogP contribution in [0.2, 0.25) is 0 Å². The Bertz CT molecular complexity index is 768. The van der Waals surface area contributed by atoms with Crippen molar-refractivity contribution in [1.82, 2.24) is 9.97 Å². The third kappa shape index (κ3) is 1.68. The van der Waals surface area contributed by atoms with Crippen LogP contribution in [0.25, 0.3) is 22.4 Å². The highest BCUT2D eigenvalue weighted by Gasteiger charge is 2.06. The SMILES string of the molecule is N#Cc1cccc(-c2nc3ccc(O)cc3[nH]2)c1. The molecule has 0 bridgehead atoms. The molecule has 4 nitrogen and oxygen atoms in total. The fourth-order valence-corrected chi connectivity index (χ4v) is 1.87. The zero-order valence-electron chi connectivity index (χ0n) is 9.38. The fraction of sp³-hybridized carbons (Fsp3) is 0. The van der Waals surface area contributed by atoms with E-state index in [-0.39, 0.29) is 5.75 Å². The van der Waals surface area contributed by atoms with Crippen LogP contribution in [0.3, 0.4) is 0 Å². The smallest absolute Gasteiger partial charge is 0.138 e. The molecule has 0 fully saturated rings. The van der Waals surface area contributed by atoms with E-state index in [0.29, 0.717) is 11.4 Å². The molecule has 0 radical (unpaired) electrons. The molecule has 0 aliphatic heterocycles. The Morgan fingerprint density at radius 3 is 2.89 bits per heavy atom. The molecule has 3 aromatic rings. The van der Waals surface area contributed by atoms with Crippen LogP contribution in [-0.2, 0) is 0 Å². The van der Waals surface area contributed by atoms with E-state index in [1.165, 1.54) is 0 Å². The Balaban J connectivity index is 2.16. The van der Waals surface area contributed by atoms with Gasteiger partial charge in [-0.05, 0) is 24.3 Å². The van der Waals surface area contributed by atoms with E-state index in [9.17, 15) is 5.11 Å². The number of rotatable bonds is 1. The van der Waals surface area contributed by atoms with Crippen molar-refractivity contribution < 1.29 is 5.11 Å². The van der Waals surface area contributed by atoms with E-state index >= 15 is 0 Å². The third-order valence-corrected chi connectivity index (χ3v) is 2.73. The Hall–Kier alpha value is -2.80. The summed E-state index contributed by atoms with van der Waals surface area (Å²) in [5, 5.41) is 18.3. The van der Waals surface area contributed by atoms with Crippen LogP contribution in [0.4, 0.5) is 0 Å². The van der Waals surface area contributed by atoms with Gasteiger partial charge >= 0.3 is 0 Å². The van der Waals surface area contributed by atoms with Gasteiger partial charge in [0.15, 0.2) is 0 Å². The quantitative estimate of drug-likeness (QED) is 0.681. The van der Waals surface area contributed by atoms with Crippen LogP contribution in [-0.4, -0.2) is 15.1 Å². The lowest BCUT2D eigenvalue weighted by molar-refractivity contribution is 0.476. The van der Waals surface area contributed by atoms with Gasteiger partial charge in [0.05, 0.1) is 22.7 Å². The van der Waals surface area contributed by atoms with Crippen molar-refractivity contribution in [3.8, 4) is 23.2 Å². The van der Waals surface area contributed by atoms with Crippen LogP contribution >= 0.6 is 0 Å². The molecule has 0 aliphatic carbocycles. The topological polar surface area (TPSA) is 72.7 Å². The molecule has 86 valence electrons. The molecule has 3 rings (SSSR count). The Kier molecular flexibility index (Phi) is 2.24. The first-order valence-corrected chi connectivity index (χ1v) is 5.45. The van der Waals surface area contributed by atoms with E-state index in [4.69, 9.17) is 5.26 Å². The van der Waals surface area contributed by atoms with Gasteiger partial charge in [-0.1, -0.05) is 12.1 Å². The fourth-order valence-electron chi connectivity index (χ4n) is 1.87. The highest BCUT2D eigenvalue weighted by molar-refractivity contribution is 5.80. The molecular weight excluding hydrogens is 226 g/mol. The van der Waals surface area contributed by atoms with Crippen molar-refractivity contribution in [1.29, 1.82) is 5.26 Å². The van der Waals surface area contributed by atoms with Crippen LogP contribution in [0.1, 0.15) is 5.56 Å². The molecule has 1 aromatic heterocycles. The van der Waals surface area contributed by atoms with Gasteiger partial charge in [-0.2, -0.15) is 5.26 Å². The van der Waals surface area contributed by atoms with E-state index in [2.05, 4.69) is 16.0 Å². The summed E-state index contributed by atoms with van der Waals surface area (Å²) in [5.74, 6) is 0.885. The molecule has 0 atom stereocenters. The number of phenols is 1. The van der Waals surface area contributed by atoms with Gasteiger partial charge in [-0.25, -0.2) is 4.98 Å². The molecule has 2 aromatic carbocycles. The lowest BCUT2D eigenvalue weighted by Crippen LogP contribution is -1.81. The van der Waals surface area contributed by atoms with Crippen molar-refractivity contribution >= 4 is 11.0 Å². The number of H-pyrrole nitrogens is 1. The van der Waals surface area contributed by atoms with Gasteiger partial charge in [-0.15, -0.1) is 0 Å². The molecule has 0 saturated heterocycles. The van der Waals surface area contributed by atoms with Gasteiger partial charge in [0.25, 0.3) is 0 Å². The normalized spacial score (nSPS) is 10.4. The van der Waals surface area contributed by atoms with Crippen molar-refractivity contribution in [2.75, 3.05) is 0 Å². The summed E-state index contributed by atoms with van der Waals surface area (Å²) < 4.78 is 0. The molecule has 0 saturated carbocycles. The Morgan fingerprint density at radius 2 is 2.06 bits per heavy atom. The van der Waals surface area contributed by atoms with Gasteiger partial charge < -0.3 is 10.1 Å². The summed E-state index contributed by atoms with van der Waals surface area (Å²) in [6.07, 6.45) is 0. The molecule has 4 heteroatoms. The number of aromatic nitrogens is 2. The molecular formula is C14H9N3O. The number of aromatic amines is 1. The highest BCUT2D eigenvalue weighted by Crippen LogP contribution is 2.23. The summed E-state index contributed by atoms with van der Waals surface area (Å²) in [6.45, 7) is 0. The third-order valence-electron chi connectivity index (χ3n) is 2.73. The number of hydrogen-bond acceptors (Lipinski definition) is 3. The minimum Gasteiger partial charge on any atom is -0.508 e. The molecule has 1 heterocycles. The summed E-state index contributed by atoms with van der Waals surface area (Å²) in [6, 6.07) is 14.3. The zero-order valence-corrected chi connectivity index (χ0v) is 9.38. The first-order valence-electron chi connectivity index (χ1n) is 5.45. The molecule has 0 aliphatic rings. The number of aromatic hydroxyl groups is 1. The number of imidazole rings is 1. The number of fused-ring (bicyclic) bond motifs is 1. The lowest BCUT2D eigenvalue weighted by atomic mass is 10.1. The maximum absolute atomic E-state index is 9.40. The largest absolute Gasteiger partial charge is 0.508 e. The zero-order chi connectivity index (χ0) is 12.5. The average molecular weight is 235 g/mol. The maximum atomic E-state index is 9.40. The second kappa shape index (κ2) is 3.90. The summed E-state index contributed by atoms with van der Waals surface area (Å²) in [7, 11) is 0. The predicted molar refractivity (Wildman–Crippen MR) is 67.9 cm³/mol. The minimum absolute atomic E-state index is 0.198. The molecule has 0 spiro atoms. The monoisotopic (exact) mass is 235 g/mol. The number of benzene rings is 2. The minimum atomic E-state index is 0.198. The average Bonchev–Trinajstić information content (AvgIpc) is 2.81. The first-order chi connectivity index (χ1) is 8.76. The first kappa shape index (κ1) is 10.4. The second-order valence-corrected chi connectivity index (χ2v) is 3.98. The number of phenolic OH excluding ortho intramolecular Hbond substituents is 1. The maximum Gasteiger partial charge on any atom is 0.138 e. The van der Waals surface area contributed by atoms with Gasteiger partial charge in [0.1, 0.15) is 11.6 Å². The molecule has 0 amide bonds. The van der Waals surface area contributed by atoms with Gasteiger partial charge in [0, 0.05) is 11.6 Å². The second-order valence-electron chi connectivity index (χ2n) is 3.98. The van der Waals surface area contributed by atoms with Crippen LogP contribution in [0.15, 0.2) is 42.5 Å². The van der Waals surface area contributed by atoms with E-state index < -0.39 is 0 Å². The highest BCUT2D eigenvalue weighted by atomic mass is 16.3. The molecule has 18 heavy (non-hydrogen) atoms. The van der Waals surface area contributed by atoms with Crippen LogP contribution in [0.5, 0.6) is 5.75 Å². The summed E-state index contributed by atoms with van der Waals surface area (Å²) in [5.41, 5.74) is 3.00. The number of nitriles is 1. The molecule has 2 N–H and O–H groups in total. The summed E-state index contributed by atoms with van der Waals surface area (Å²) in [4.78, 5) is 7.55. The lowest BCUT2D eigenvalue weighted by Gasteiger charge is -1.96. The predicted octanol–water partition coefficient (Wildman–Crippen LogP) is 2.81. The Labute approximate surface area is 103 Å². The van der Waals surface area contributed by atoms with Crippen molar-refractivity contribution in [3.05, 3.63) is 48.0 Å². The van der Waals surface area contributed by atoms with E-state index in [0.717, 1.165) is 16.6 Å². The van der Waals surface area contributed by atoms with Crippen molar-refractivity contribution in [2.45, 2.75) is 0 Å². The number of nitrogens with zero attached hydrogens (tertiary/aromatic N) is 2. The van der Waals surface area contributed by atoms with Gasteiger partial charge in [-0.3, -0.25) is 0 Å². The van der Waals surface area contributed by atoms with Crippen molar-refractivity contribution in [2.24, 2.45) is 0 Å².